The highest BCUT2D eigenvalue weighted by Crippen LogP contribution is 2.32. The summed E-state index contributed by atoms with van der Waals surface area (Å²) < 4.78 is 0. The van der Waals surface area contributed by atoms with Crippen LogP contribution in [0.1, 0.15) is 18.1 Å². The molecule has 1 aromatic carbocycles. The Bertz CT molecular complexity index is 339. The Morgan fingerprint density at radius 2 is 2.08 bits per heavy atom. The van der Waals surface area contributed by atoms with Crippen LogP contribution in [0.3, 0.4) is 0 Å². The summed E-state index contributed by atoms with van der Waals surface area (Å²) in [6, 6.07) is 7.41. The van der Waals surface area contributed by atoms with Crippen LogP contribution in [0.15, 0.2) is 24.3 Å². The van der Waals surface area contributed by atoms with Crippen molar-refractivity contribution in [2.75, 3.05) is 0 Å². The number of hydrogen-bond donors (Lipinski definition) is 1. The van der Waals surface area contributed by atoms with Crippen LogP contribution in [0, 0.1) is 0 Å². The first kappa shape index (κ1) is 7.50. The molecule has 2 heteroatoms. The van der Waals surface area contributed by atoms with E-state index in [1.54, 1.807) is 13.0 Å². The summed E-state index contributed by atoms with van der Waals surface area (Å²) in [5.41, 5.74) is 0.457. The zero-order chi connectivity index (χ0) is 8.77. The van der Waals surface area contributed by atoms with Gasteiger partial charge in [-0.3, -0.25) is 4.79 Å². The fourth-order valence-electron chi connectivity index (χ4n) is 1.64. The fourth-order valence-corrected chi connectivity index (χ4v) is 1.64. The third kappa shape index (κ3) is 0.816. The van der Waals surface area contributed by atoms with Crippen LogP contribution in [0.5, 0.6) is 0 Å². The van der Waals surface area contributed by atoms with Gasteiger partial charge in [-0.15, -0.1) is 0 Å². The molecule has 0 heterocycles. The van der Waals surface area contributed by atoms with Crippen molar-refractivity contribution in [2.24, 2.45) is 0 Å². The van der Waals surface area contributed by atoms with Gasteiger partial charge < -0.3 is 5.11 Å². The number of rotatable bonds is 0. The van der Waals surface area contributed by atoms with Crippen molar-refractivity contribution < 1.29 is 9.90 Å². The molecule has 1 aliphatic carbocycles. The second-order valence-corrected chi connectivity index (χ2v) is 3.33. The van der Waals surface area contributed by atoms with E-state index in [1.165, 1.54) is 0 Å². The van der Waals surface area contributed by atoms with Crippen molar-refractivity contribution >= 4 is 5.78 Å². The molecule has 1 N–H and O–H groups in total. The first-order valence-corrected chi connectivity index (χ1v) is 3.96. The third-order valence-electron chi connectivity index (χ3n) is 2.44. The lowest BCUT2D eigenvalue weighted by Gasteiger charge is -2.15. The van der Waals surface area contributed by atoms with Crippen LogP contribution in [-0.4, -0.2) is 10.9 Å². The van der Waals surface area contributed by atoms with Gasteiger partial charge in [0.05, 0.1) is 0 Å². The lowest BCUT2D eigenvalue weighted by atomic mass is 9.98. The summed E-state index contributed by atoms with van der Waals surface area (Å²) in [7, 11) is 0. The van der Waals surface area contributed by atoms with E-state index in [2.05, 4.69) is 0 Å². The van der Waals surface area contributed by atoms with E-state index in [0.29, 0.717) is 6.42 Å². The molecule has 0 fully saturated rings. The van der Waals surface area contributed by atoms with Crippen molar-refractivity contribution in [1.82, 2.24) is 0 Å². The van der Waals surface area contributed by atoms with E-state index in [0.717, 1.165) is 11.1 Å². The van der Waals surface area contributed by atoms with E-state index in [-0.39, 0.29) is 5.78 Å². The molecule has 1 aromatic rings. The van der Waals surface area contributed by atoms with Crippen LogP contribution >= 0.6 is 0 Å². The number of Topliss-reactive ketones (excluding diaryl/α,β-unsaturated/α-hetero) is 1. The molecule has 0 bridgehead atoms. The number of carbonyl (C=O) groups excluding carboxylic acids is 1. The molecule has 12 heavy (non-hydrogen) atoms. The highest BCUT2D eigenvalue weighted by atomic mass is 16.3. The van der Waals surface area contributed by atoms with Crippen molar-refractivity contribution in [1.29, 1.82) is 0 Å². The van der Waals surface area contributed by atoms with E-state index in [1.807, 2.05) is 18.2 Å². The van der Waals surface area contributed by atoms with Gasteiger partial charge in [0.2, 0.25) is 0 Å². The van der Waals surface area contributed by atoms with Crippen LogP contribution < -0.4 is 0 Å². The van der Waals surface area contributed by atoms with Crippen LogP contribution in [-0.2, 0) is 16.8 Å². The van der Waals surface area contributed by atoms with Gasteiger partial charge in [-0.1, -0.05) is 24.3 Å². The Balaban J connectivity index is 2.63. The Morgan fingerprint density at radius 3 is 2.75 bits per heavy atom. The second kappa shape index (κ2) is 2.17. The average Bonchev–Trinajstić information content (AvgIpc) is 2.25. The van der Waals surface area contributed by atoms with Gasteiger partial charge in [-0.05, 0) is 18.1 Å². The molecule has 0 amide bonds. The zero-order valence-electron chi connectivity index (χ0n) is 6.87. The van der Waals surface area contributed by atoms with Gasteiger partial charge in [-0.2, -0.15) is 0 Å². The number of carbonyl (C=O) groups is 1. The number of fused-ring (bicyclic) bond motifs is 1. The predicted octanol–water partition coefficient (Wildman–Crippen LogP) is 1.02. The fraction of sp³-hybridized carbons (Fsp3) is 0.300. The first-order chi connectivity index (χ1) is 5.62. The normalized spacial score (nSPS) is 27.3. The van der Waals surface area contributed by atoms with Gasteiger partial charge in [0.25, 0.3) is 0 Å². The van der Waals surface area contributed by atoms with Crippen LogP contribution in [0.4, 0.5) is 0 Å². The third-order valence-corrected chi connectivity index (χ3v) is 2.44. The van der Waals surface area contributed by atoms with Gasteiger partial charge in [0.15, 0.2) is 5.78 Å². The predicted molar refractivity (Wildman–Crippen MR) is 44.7 cm³/mol. The van der Waals surface area contributed by atoms with Gasteiger partial charge in [0.1, 0.15) is 5.60 Å². The van der Waals surface area contributed by atoms with E-state index >= 15 is 0 Å². The van der Waals surface area contributed by atoms with E-state index in [4.69, 9.17) is 0 Å². The Labute approximate surface area is 70.8 Å². The molecular formula is C10H10O2. The molecule has 2 rings (SSSR count). The maximum Gasteiger partial charge on any atom is 0.172 e. The summed E-state index contributed by atoms with van der Waals surface area (Å²) in [5, 5.41) is 9.77. The van der Waals surface area contributed by atoms with Gasteiger partial charge in [0, 0.05) is 6.42 Å². The molecule has 0 unspecified atom stereocenters. The maximum atomic E-state index is 11.3. The van der Waals surface area contributed by atoms with Crippen molar-refractivity contribution in [2.45, 2.75) is 18.9 Å². The second-order valence-electron chi connectivity index (χ2n) is 3.33. The summed E-state index contributed by atoms with van der Waals surface area (Å²) in [6.07, 6.45) is 0.364. The number of ketones is 1. The minimum atomic E-state index is -1.25. The minimum Gasteiger partial charge on any atom is -0.378 e. The van der Waals surface area contributed by atoms with Crippen molar-refractivity contribution in [3.63, 3.8) is 0 Å². The molecule has 2 nitrogen and oxygen atoms in total. The van der Waals surface area contributed by atoms with Crippen LogP contribution in [0.2, 0.25) is 0 Å². The highest BCUT2D eigenvalue weighted by molar-refractivity contribution is 5.94. The Kier molecular flexibility index (Phi) is 1.36. The Hall–Kier alpha value is -1.15. The first-order valence-electron chi connectivity index (χ1n) is 3.96. The van der Waals surface area contributed by atoms with E-state index < -0.39 is 5.60 Å². The minimum absolute atomic E-state index is 0.108. The standard InChI is InChI=1S/C10H10O2/c1-10(12)8-5-3-2-4-7(8)6-9(10)11/h2-5,12H,6H2,1H3/t10-/m0/s1. The maximum absolute atomic E-state index is 11.3. The van der Waals surface area contributed by atoms with Gasteiger partial charge >= 0.3 is 0 Å². The van der Waals surface area contributed by atoms with E-state index in [9.17, 15) is 9.90 Å². The molecule has 0 spiro atoms. The van der Waals surface area contributed by atoms with Crippen molar-refractivity contribution in [3.8, 4) is 0 Å². The summed E-state index contributed by atoms with van der Waals surface area (Å²) in [5.74, 6) is -0.108. The molecule has 1 aliphatic rings. The monoisotopic (exact) mass is 162 g/mol. The molecule has 0 saturated heterocycles. The van der Waals surface area contributed by atoms with Crippen LogP contribution in [0.25, 0.3) is 0 Å². The SMILES string of the molecule is C[C@@]1(O)C(=O)Cc2ccccc21. The molecular weight excluding hydrogens is 152 g/mol. The smallest absolute Gasteiger partial charge is 0.172 e. The quantitative estimate of drug-likeness (QED) is 0.618. The highest BCUT2D eigenvalue weighted by Gasteiger charge is 2.39. The number of benzene rings is 1. The summed E-state index contributed by atoms with van der Waals surface area (Å²) in [6.45, 7) is 1.56. The molecule has 0 aromatic heterocycles. The lowest BCUT2D eigenvalue weighted by Crippen LogP contribution is -2.27. The Morgan fingerprint density at radius 1 is 1.42 bits per heavy atom. The average molecular weight is 162 g/mol. The number of hydrogen-bond acceptors (Lipinski definition) is 2. The zero-order valence-corrected chi connectivity index (χ0v) is 6.87. The lowest BCUT2D eigenvalue weighted by molar-refractivity contribution is -0.133. The topological polar surface area (TPSA) is 37.3 Å². The molecule has 0 aliphatic heterocycles. The van der Waals surface area contributed by atoms with Crippen molar-refractivity contribution in [3.05, 3.63) is 35.4 Å². The largest absolute Gasteiger partial charge is 0.378 e. The molecule has 1 atom stereocenters. The summed E-state index contributed by atoms with van der Waals surface area (Å²) in [4.78, 5) is 11.3. The van der Waals surface area contributed by atoms with Gasteiger partial charge in [-0.25, -0.2) is 0 Å². The summed E-state index contributed by atoms with van der Waals surface area (Å²) >= 11 is 0. The molecule has 0 saturated carbocycles. The number of aliphatic hydroxyl groups is 1. The molecule has 0 radical (unpaired) electrons. The molecule has 62 valence electrons.